The molecule has 2 N–H and O–H groups in total. The van der Waals surface area contributed by atoms with Crippen LogP contribution in [0.3, 0.4) is 0 Å². The van der Waals surface area contributed by atoms with Gasteiger partial charge in [-0.15, -0.1) is 22.7 Å². The van der Waals surface area contributed by atoms with E-state index in [1.165, 1.54) is 11.3 Å². The number of thiazole rings is 1. The van der Waals surface area contributed by atoms with Crippen molar-refractivity contribution in [2.75, 3.05) is 31.5 Å². The molecular formula is C34H44BrN5O5S2. The van der Waals surface area contributed by atoms with Crippen molar-refractivity contribution in [1.82, 2.24) is 20.1 Å². The lowest BCUT2D eigenvalue weighted by molar-refractivity contribution is -0.116. The molecule has 2 aliphatic heterocycles. The van der Waals surface area contributed by atoms with Gasteiger partial charge in [-0.3, -0.25) is 4.79 Å². The monoisotopic (exact) mass is 745 g/mol. The SMILES string of the molecule is CC(C)(C)OC(=O)N1CCc2c(sc(NC(=O)CCN[C@H]3C[C@@H]4CN(C(=O)OC(C)(C)C)C[C@@H]4C3)c2-c2nc3cc(Br)ccc3s2)C1. The topological polar surface area (TPSA) is 113 Å². The van der Waals surface area contributed by atoms with Crippen molar-refractivity contribution < 1.29 is 23.9 Å². The van der Waals surface area contributed by atoms with Crippen molar-refractivity contribution in [2.24, 2.45) is 11.8 Å². The number of likely N-dealkylation sites (tertiary alicyclic amines) is 1. The maximum absolute atomic E-state index is 13.3. The molecule has 0 radical (unpaired) electrons. The first kappa shape index (κ1) is 34.1. The van der Waals surface area contributed by atoms with Gasteiger partial charge in [-0.05, 0) is 96.4 Å². The Morgan fingerprint density at radius 2 is 1.64 bits per heavy atom. The molecule has 0 bridgehead atoms. The molecule has 13 heteroatoms. The van der Waals surface area contributed by atoms with E-state index in [0.29, 0.717) is 50.4 Å². The molecule has 0 spiro atoms. The minimum atomic E-state index is -0.571. The first-order valence-electron chi connectivity index (χ1n) is 16.3. The Morgan fingerprint density at radius 1 is 0.979 bits per heavy atom. The molecule has 1 aliphatic carbocycles. The average Bonchev–Trinajstić information content (AvgIpc) is 3.71. The van der Waals surface area contributed by atoms with E-state index in [1.807, 2.05) is 58.6 Å². The number of aromatic nitrogens is 1. The molecule has 3 aromatic rings. The maximum Gasteiger partial charge on any atom is 0.410 e. The maximum atomic E-state index is 13.3. The van der Waals surface area contributed by atoms with E-state index in [2.05, 4.69) is 32.6 Å². The second kappa shape index (κ2) is 13.3. The van der Waals surface area contributed by atoms with E-state index in [1.54, 1.807) is 16.2 Å². The Balaban J connectivity index is 1.10. The Morgan fingerprint density at radius 3 is 2.30 bits per heavy atom. The van der Waals surface area contributed by atoms with Gasteiger partial charge in [0.05, 0.1) is 16.8 Å². The zero-order valence-electron chi connectivity index (χ0n) is 27.9. The highest BCUT2D eigenvalue weighted by molar-refractivity contribution is 9.10. The van der Waals surface area contributed by atoms with Crippen LogP contribution in [0.15, 0.2) is 22.7 Å². The molecule has 3 amide bonds. The standard InChI is InChI=1S/C34H44BrN5O5S2/c1-33(2,3)44-31(42)39-12-10-23-26(18-39)47-30(28(23)29-37-24-15-21(35)7-8-25(24)46-29)38-27(41)9-11-36-22-13-19-16-40(17-20(19)14-22)32(43)45-34(4,5)6/h7-8,15,19-20,22,36H,9-14,16-18H2,1-6H3,(H,38,41)/t19-,20+,22+. The van der Waals surface area contributed by atoms with Crippen molar-refractivity contribution in [1.29, 1.82) is 0 Å². The molecule has 6 rings (SSSR count). The van der Waals surface area contributed by atoms with Gasteiger partial charge in [0.1, 0.15) is 21.2 Å². The number of hydrogen-bond donors (Lipinski definition) is 2. The van der Waals surface area contributed by atoms with Crippen LogP contribution in [0.1, 0.15) is 71.2 Å². The van der Waals surface area contributed by atoms with Crippen molar-refractivity contribution in [3.05, 3.63) is 33.1 Å². The average molecular weight is 747 g/mol. The molecule has 2 aromatic heterocycles. The number of benzene rings is 1. The van der Waals surface area contributed by atoms with Crippen molar-refractivity contribution in [3.8, 4) is 10.6 Å². The summed E-state index contributed by atoms with van der Waals surface area (Å²) in [5.41, 5.74) is 1.94. The van der Waals surface area contributed by atoms with E-state index < -0.39 is 11.2 Å². The summed E-state index contributed by atoms with van der Waals surface area (Å²) in [4.78, 5) is 48.4. The van der Waals surface area contributed by atoms with Crippen molar-refractivity contribution in [2.45, 2.75) is 91.0 Å². The van der Waals surface area contributed by atoms with E-state index in [0.717, 1.165) is 66.6 Å². The summed E-state index contributed by atoms with van der Waals surface area (Å²) in [5.74, 6) is 0.867. The minimum absolute atomic E-state index is 0.0560. The van der Waals surface area contributed by atoms with Gasteiger partial charge in [0.15, 0.2) is 0 Å². The molecule has 3 atom stereocenters. The van der Waals surface area contributed by atoms with Gasteiger partial charge in [-0.1, -0.05) is 15.9 Å². The third-order valence-electron chi connectivity index (χ3n) is 8.71. The third-order valence-corrected chi connectivity index (χ3v) is 11.4. The number of anilines is 1. The van der Waals surface area contributed by atoms with Crippen molar-refractivity contribution >= 4 is 71.9 Å². The molecular weight excluding hydrogens is 702 g/mol. The van der Waals surface area contributed by atoms with Crippen LogP contribution in [-0.2, 0) is 27.2 Å². The highest BCUT2D eigenvalue weighted by Crippen LogP contribution is 2.46. The Bertz CT molecular complexity index is 1660. The van der Waals surface area contributed by atoms with E-state index in [-0.39, 0.29) is 18.1 Å². The van der Waals surface area contributed by atoms with Gasteiger partial charge < -0.3 is 29.9 Å². The highest BCUT2D eigenvalue weighted by Gasteiger charge is 2.43. The molecule has 0 unspecified atom stereocenters. The normalized spacial score (nSPS) is 21.1. The Labute approximate surface area is 292 Å². The van der Waals surface area contributed by atoms with Crippen LogP contribution < -0.4 is 10.6 Å². The molecule has 10 nitrogen and oxygen atoms in total. The van der Waals surface area contributed by atoms with Crippen LogP contribution in [-0.4, -0.2) is 76.3 Å². The molecule has 1 saturated carbocycles. The summed E-state index contributed by atoms with van der Waals surface area (Å²) < 4.78 is 13.3. The van der Waals surface area contributed by atoms with Crippen molar-refractivity contribution in [3.63, 3.8) is 0 Å². The quantitative estimate of drug-likeness (QED) is 0.267. The van der Waals surface area contributed by atoms with Gasteiger partial charge in [0, 0.05) is 53.6 Å². The van der Waals surface area contributed by atoms with Crippen LogP contribution in [0.25, 0.3) is 20.8 Å². The zero-order chi connectivity index (χ0) is 33.7. The predicted octanol–water partition coefficient (Wildman–Crippen LogP) is 7.64. The number of ether oxygens (including phenoxy) is 2. The number of halogens is 1. The van der Waals surface area contributed by atoms with Gasteiger partial charge in [0.25, 0.3) is 0 Å². The number of thiophene rings is 1. The van der Waals surface area contributed by atoms with Gasteiger partial charge in [-0.25, -0.2) is 14.6 Å². The van der Waals surface area contributed by atoms with Gasteiger partial charge >= 0.3 is 12.2 Å². The lowest BCUT2D eigenvalue weighted by Crippen LogP contribution is -2.39. The largest absolute Gasteiger partial charge is 0.444 e. The van der Waals surface area contributed by atoms with Crippen LogP contribution in [0.4, 0.5) is 14.6 Å². The molecule has 4 heterocycles. The minimum Gasteiger partial charge on any atom is -0.444 e. The smallest absolute Gasteiger partial charge is 0.410 e. The number of nitrogens with one attached hydrogen (secondary N) is 2. The number of rotatable bonds is 6. The van der Waals surface area contributed by atoms with Gasteiger partial charge in [-0.2, -0.15) is 0 Å². The predicted molar refractivity (Wildman–Crippen MR) is 190 cm³/mol. The fraction of sp³-hybridized carbons (Fsp3) is 0.588. The number of nitrogens with zero attached hydrogens (tertiary/aromatic N) is 3. The first-order valence-corrected chi connectivity index (χ1v) is 18.7. The van der Waals surface area contributed by atoms with E-state index in [4.69, 9.17) is 14.5 Å². The fourth-order valence-electron chi connectivity index (χ4n) is 6.73. The lowest BCUT2D eigenvalue weighted by Gasteiger charge is -2.30. The van der Waals surface area contributed by atoms with Crippen LogP contribution >= 0.6 is 38.6 Å². The molecule has 47 heavy (non-hydrogen) atoms. The molecule has 254 valence electrons. The number of fused-ring (bicyclic) bond motifs is 3. The lowest BCUT2D eigenvalue weighted by atomic mass is 10.0. The zero-order valence-corrected chi connectivity index (χ0v) is 31.1. The molecule has 1 aromatic carbocycles. The summed E-state index contributed by atoms with van der Waals surface area (Å²) >= 11 is 6.69. The fourth-order valence-corrected chi connectivity index (χ4v) is 9.45. The Hall–Kier alpha value is -2.74. The van der Waals surface area contributed by atoms with Crippen LogP contribution in [0, 0.1) is 11.8 Å². The third kappa shape index (κ3) is 8.12. The summed E-state index contributed by atoms with van der Waals surface area (Å²) in [6.07, 6.45) is 2.44. The number of carbonyl (C=O) groups excluding carboxylic acids is 3. The summed E-state index contributed by atoms with van der Waals surface area (Å²) in [7, 11) is 0. The number of carbonyl (C=O) groups is 3. The highest BCUT2D eigenvalue weighted by atomic mass is 79.9. The summed E-state index contributed by atoms with van der Waals surface area (Å²) in [6, 6.07) is 6.41. The molecule has 1 saturated heterocycles. The summed E-state index contributed by atoms with van der Waals surface area (Å²) in [5, 5.41) is 8.46. The molecule has 3 aliphatic rings. The number of amides is 3. The van der Waals surface area contributed by atoms with Gasteiger partial charge in [0.2, 0.25) is 5.91 Å². The van der Waals surface area contributed by atoms with E-state index >= 15 is 0 Å². The van der Waals surface area contributed by atoms with Crippen LogP contribution in [0.2, 0.25) is 0 Å². The number of hydrogen-bond acceptors (Lipinski definition) is 9. The second-order valence-electron chi connectivity index (χ2n) is 14.8. The first-order chi connectivity index (χ1) is 22.1. The Kier molecular flexibility index (Phi) is 9.65. The molecule has 2 fully saturated rings. The second-order valence-corrected chi connectivity index (χ2v) is 17.9. The van der Waals surface area contributed by atoms with E-state index in [9.17, 15) is 14.4 Å². The summed E-state index contributed by atoms with van der Waals surface area (Å²) in [6.45, 7) is 14.3. The van der Waals surface area contributed by atoms with Crippen LogP contribution in [0.5, 0.6) is 0 Å².